The largest absolute Gasteiger partial charge is 0.349 e. The van der Waals surface area contributed by atoms with Crippen molar-refractivity contribution in [3.8, 4) is 0 Å². The van der Waals surface area contributed by atoms with Gasteiger partial charge in [-0.1, -0.05) is 25.5 Å². The van der Waals surface area contributed by atoms with E-state index in [0.717, 1.165) is 29.9 Å². The molecule has 2 saturated carbocycles. The van der Waals surface area contributed by atoms with Crippen molar-refractivity contribution in [3.05, 3.63) is 35.4 Å². The van der Waals surface area contributed by atoms with Gasteiger partial charge in [-0.2, -0.15) is 0 Å². The predicted molar refractivity (Wildman–Crippen MR) is 96.8 cm³/mol. The average Bonchev–Trinajstić information content (AvgIpc) is 3.20. The first-order valence-corrected chi connectivity index (χ1v) is 9.79. The lowest BCUT2D eigenvalue weighted by Gasteiger charge is -2.30. The molecule has 1 heterocycles. The Morgan fingerprint density at radius 2 is 1.83 bits per heavy atom. The molecule has 2 aliphatic carbocycles. The number of nitrogens with one attached hydrogen (secondary N) is 1. The second-order valence-electron chi connectivity index (χ2n) is 8.41. The van der Waals surface area contributed by atoms with Crippen molar-refractivity contribution in [1.82, 2.24) is 10.2 Å². The normalized spacial score (nSPS) is 30.6. The number of hydrogen-bond acceptors (Lipinski definition) is 2. The summed E-state index contributed by atoms with van der Waals surface area (Å²) in [6.45, 7) is 5.77. The summed E-state index contributed by atoms with van der Waals surface area (Å²) in [4.78, 5) is 15.0. The first-order valence-electron chi connectivity index (χ1n) is 9.79. The quantitative estimate of drug-likeness (QED) is 0.912. The molecule has 2 bridgehead atoms. The molecule has 0 aromatic heterocycles. The monoisotopic (exact) mass is 326 g/mol. The van der Waals surface area contributed by atoms with E-state index in [1.165, 1.54) is 57.2 Å². The molecule has 1 N–H and O–H groups in total. The zero-order chi connectivity index (χ0) is 16.5. The molecule has 3 heteroatoms. The maximum absolute atomic E-state index is 12.5. The third-order valence-electron chi connectivity index (χ3n) is 6.55. The van der Waals surface area contributed by atoms with E-state index in [2.05, 4.69) is 29.3 Å². The molecule has 1 saturated heterocycles. The van der Waals surface area contributed by atoms with Gasteiger partial charge >= 0.3 is 0 Å². The van der Waals surface area contributed by atoms with Crippen molar-refractivity contribution < 1.29 is 4.79 Å². The number of hydrogen-bond donors (Lipinski definition) is 1. The number of nitrogens with zero attached hydrogens (tertiary/aromatic N) is 1. The van der Waals surface area contributed by atoms with Crippen LogP contribution in [-0.4, -0.2) is 29.9 Å². The lowest BCUT2D eigenvalue weighted by Crippen LogP contribution is -2.38. The number of benzene rings is 1. The van der Waals surface area contributed by atoms with Gasteiger partial charge in [-0.3, -0.25) is 9.69 Å². The van der Waals surface area contributed by atoms with Crippen LogP contribution in [0.2, 0.25) is 0 Å². The number of carbonyl (C=O) groups excluding carboxylic acids is 1. The van der Waals surface area contributed by atoms with E-state index in [4.69, 9.17) is 0 Å². The molecule has 3 fully saturated rings. The van der Waals surface area contributed by atoms with Crippen LogP contribution in [-0.2, 0) is 6.54 Å². The Bertz CT molecular complexity index is 574. The summed E-state index contributed by atoms with van der Waals surface area (Å²) in [6.07, 6.45) is 7.83. The van der Waals surface area contributed by atoms with Gasteiger partial charge in [-0.25, -0.2) is 0 Å². The SMILES string of the molecule is CC1CCN(Cc2ccc(C(=O)N[C@H]3C[C@@H]4CC[C@@H]3C4)cc2)CC1. The van der Waals surface area contributed by atoms with E-state index in [9.17, 15) is 4.79 Å². The fraction of sp³-hybridized carbons (Fsp3) is 0.667. The third kappa shape index (κ3) is 3.51. The van der Waals surface area contributed by atoms with E-state index >= 15 is 0 Å². The van der Waals surface area contributed by atoms with Gasteiger partial charge in [0.25, 0.3) is 5.91 Å². The molecule has 24 heavy (non-hydrogen) atoms. The minimum atomic E-state index is 0.117. The summed E-state index contributed by atoms with van der Waals surface area (Å²) < 4.78 is 0. The van der Waals surface area contributed by atoms with Gasteiger partial charge in [0.2, 0.25) is 0 Å². The number of piperidine rings is 1. The molecule has 0 spiro atoms. The molecule has 1 aromatic carbocycles. The van der Waals surface area contributed by atoms with Gasteiger partial charge < -0.3 is 5.32 Å². The Morgan fingerprint density at radius 1 is 1.08 bits per heavy atom. The molecule has 1 aliphatic heterocycles. The smallest absolute Gasteiger partial charge is 0.251 e. The lowest BCUT2D eigenvalue weighted by atomic mass is 9.95. The highest BCUT2D eigenvalue weighted by molar-refractivity contribution is 5.94. The van der Waals surface area contributed by atoms with E-state index in [1.54, 1.807) is 0 Å². The van der Waals surface area contributed by atoms with Crippen LogP contribution >= 0.6 is 0 Å². The van der Waals surface area contributed by atoms with Gasteiger partial charge in [0.1, 0.15) is 0 Å². The van der Waals surface area contributed by atoms with Gasteiger partial charge in [0.05, 0.1) is 0 Å². The molecule has 130 valence electrons. The van der Waals surface area contributed by atoms with Crippen molar-refractivity contribution in [2.24, 2.45) is 17.8 Å². The minimum absolute atomic E-state index is 0.117. The topological polar surface area (TPSA) is 32.3 Å². The zero-order valence-corrected chi connectivity index (χ0v) is 14.8. The molecule has 3 aliphatic rings. The number of rotatable bonds is 4. The van der Waals surface area contributed by atoms with Crippen LogP contribution in [0.3, 0.4) is 0 Å². The maximum Gasteiger partial charge on any atom is 0.251 e. The second-order valence-corrected chi connectivity index (χ2v) is 8.41. The highest BCUT2D eigenvalue weighted by Gasteiger charge is 2.40. The Labute approximate surface area is 145 Å². The fourth-order valence-corrected chi connectivity index (χ4v) is 4.91. The van der Waals surface area contributed by atoms with Crippen LogP contribution in [0.4, 0.5) is 0 Å². The molecule has 3 nitrogen and oxygen atoms in total. The van der Waals surface area contributed by atoms with Crippen LogP contribution in [0.5, 0.6) is 0 Å². The van der Waals surface area contributed by atoms with Crippen molar-refractivity contribution in [1.29, 1.82) is 0 Å². The van der Waals surface area contributed by atoms with Crippen molar-refractivity contribution >= 4 is 5.91 Å². The van der Waals surface area contributed by atoms with Gasteiger partial charge in [-0.15, -0.1) is 0 Å². The van der Waals surface area contributed by atoms with Crippen LogP contribution in [0, 0.1) is 17.8 Å². The molecule has 0 unspecified atom stereocenters. The first kappa shape index (κ1) is 16.1. The first-order chi connectivity index (χ1) is 11.7. The molecular weight excluding hydrogens is 296 g/mol. The predicted octanol–water partition coefficient (Wildman–Crippen LogP) is 3.84. The van der Waals surface area contributed by atoms with Crippen LogP contribution in [0.25, 0.3) is 0 Å². The highest BCUT2D eigenvalue weighted by Crippen LogP contribution is 2.44. The highest BCUT2D eigenvalue weighted by atomic mass is 16.1. The molecule has 1 amide bonds. The van der Waals surface area contributed by atoms with Gasteiger partial charge in [0, 0.05) is 18.2 Å². The lowest BCUT2D eigenvalue weighted by molar-refractivity contribution is 0.0923. The van der Waals surface area contributed by atoms with Crippen LogP contribution in [0.1, 0.15) is 61.4 Å². The standard InChI is InChI=1S/C21H30N2O/c1-15-8-10-23(11-9-15)14-16-2-5-18(6-3-16)21(24)22-20-13-17-4-7-19(20)12-17/h2-3,5-6,15,17,19-20H,4,7-14H2,1H3,(H,22,24)/t17-,19-,20+/m1/s1. The summed E-state index contributed by atoms with van der Waals surface area (Å²) in [5.74, 6) is 2.60. The molecule has 4 rings (SSSR count). The molecule has 0 radical (unpaired) electrons. The molecular formula is C21H30N2O. The third-order valence-corrected chi connectivity index (χ3v) is 6.55. The summed E-state index contributed by atoms with van der Waals surface area (Å²) in [5.41, 5.74) is 2.13. The number of carbonyl (C=O) groups is 1. The second kappa shape index (κ2) is 6.87. The van der Waals surface area contributed by atoms with Crippen LogP contribution < -0.4 is 5.32 Å². The fourth-order valence-electron chi connectivity index (χ4n) is 4.91. The number of amides is 1. The minimum Gasteiger partial charge on any atom is -0.349 e. The number of likely N-dealkylation sites (tertiary alicyclic amines) is 1. The Balaban J connectivity index is 1.31. The van der Waals surface area contributed by atoms with E-state index in [1.807, 2.05) is 12.1 Å². The Hall–Kier alpha value is -1.35. The summed E-state index contributed by atoms with van der Waals surface area (Å²) in [5, 5.41) is 3.28. The summed E-state index contributed by atoms with van der Waals surface area (Å²) in [7, 11) is 0. The van der Waals surface area contributed by atoms with Crippen LogP contribution in [0.15, 0.2) is 24.3 Å². The van der Waals surface area contributed by atoms with E-state index in [0.29, 0.717) is 6.04 Å². The Morgan fingerprint density at radius 3 is 2.46 bits per heavy atom. The van der Waals surface area contributed by atoms with Crippen molar-refractivity contribution in [2.45, 2.75) is 58.0 Å². The maximum atomic E-state index is 12.5. The molecule has 3 atom stereocenters. The Kier molecular flexibility index (Phi) is 4.62. The van der Waals surface area contributed by atoms with E-state index in [-0.39, 0.29) is 5.91 Å². The van der Waals surface area contributed by atoms with Crippen molar-refractivity contribution in [3.63, 3.8) is 0 Å². The molecule has 1 aromatic rings. The zero-order valence-electron chi connectivity index (χ0n) is 14.8. The summed E-state index contributed by atoms with van der Waals surface area (Å²) >= 11 is 0. The van der Waals surface area contributed by atoms with Gasteiger partial charge in [-0.05, 0) is 80.6 Å². The van der Waals surface area contributed by atoms with Crippen molar-refractivity contribution in [2.75, 3.05) is 13.1 Å². The van der Waals surface area contributed by atoms with Gasteiger partial charge in [0.15, 0.2) is 0 Å². The number of fused-ring (bicyclic) bond motifs is 2. The van der Waals surface area contributed by atoms with E-state index < -0.39 is 0 Å². The average molecular weight is 326 g/mol. The summed E-state index contributed by atoms with van der Waals surface area (Å²) in [6, 6.07) is 8.70.